The molecule has 1 aromatic rings. The predicted molar refractivity (Wildman–Crippen MR) is 87.8 cm³/mol. The Balaban J connectivity index is 2.11. The fourth-order valence-electron chi connectivity index (χ4n) is 3.53. The standard InChI is InChI=1S/C18H29FN2/c1-17(2,3)14-6-5-10-18(13-20,11-9-14)21-16-8-4-7-15(19)12-16/h4,7-8,12,14,21H,5-6,9-11,13,20H2,1-3H3. The van der Waals surface area contributed by atoms with E-state index < -0.39 is 0 Å². The van der Waals surface area contributed by atoms with Gasteiger partial charge in [0.2, 0.25) is 0 Å². The number of hydrogen-bond donors (Lipinski definition) is 2. The second-order valence-corrected chi connectivity index (χ2v) is 7.61. The number of halogens is 1. The van der Waals surface area contributed by atoms with E-state index in [1.807, 2.05) is 6.07 Å². The normalized spacial score (nSPS) is 27.2. The minimum absolute atomic E-state index is 0.0895. The van der Waals surface area contributed by atoms with Crippen LogP contribution in [0.15, 0.2) is 24.3 Å². The fourth-order valence-corrected chi connectivity index (χ4v) is 3.53. The first-order valence-corrected chi connectivity index (χ1v) is 8.08. The van der Waals surface area contributed by atoms with Crippen molar-refractivity contribution in [2.45, 2.75) is 58.4 Å². The van der Waals surface area contributed by atoms with Crippen LogP contribution in [-0.2, 0) is 0 Å². The summed E-state index contributed by atoms with van der Waals surface area (Å²) in [5.41, 5.74) is 7.20. The highest BCUT2D eigenvalue weighted by Crippen LogP contribution is 2.40. The van der Waals surface area contributed by atoms with E-state index in [0.717, 1.165) is 24.4 Å². The van der Waals surface area contributed by atoms with Crippen molar-refractivity contribution in [3.63, 3.8) is 0 Å². The molecule has 2 unspecified atom stereocenters. The molecule has 0 saturated heterocycles. The van der Waals surface area contributed by atoms with Crippen LogP contribution in [0.25, 0.3) is 0 Å². The Hall–Kier alpha value is -1.09. The summed E-state index contributed by atoms with van der Waals surface area (Å²) in [4.78, 5) is 0. The highest BCUT2D eigenvalue weighted by molar-refractivity contribution is 5.46. The van der Waals surface area contributed by atoms with E-state index in [-0.39, 0.29) is 11.4 Å². The average molecular weight is 292 g/mol. The van der Waals surface area contributed by atoms with Crippen LogP contribution in [0, 0.1) is 17.2 Å². The van der Waals surface area contributed by atoms with Gasteiger partial charge >= 0.3 is 0 Å². The molecule has 2 atom stereocenters. The van der Waals surface area contributed by atoms with Crippen molar-refractivity contribution in [1.29, 1.82) is 0 Å². The Labute approximate surface area is 128 Å². The maximum atomic E-state index is 13.4. The molecule has 21 heavy (non-hydrogen) atoms. The van der Waals surface area contributed by atoms with Gasteiger partial charge < -0.3 is 11.1 Å². The smallest absolute Gasteiger partial charge is 0.125 e. The van der Waals surface area contributed by atoms with Crippen molar-refractivity contribution in [3.8, 4) is 0 Å². The summed E-state index contributed by atoms with van der Waals surface area (Å²) in [6, 6.07) is 6.70. The molecular formula is C18H29FN2. The summed E-state index contributed by atoms with van der Waals surface area (Å²) < 4.78 is 13.4. The molecule has 0 heterocycles. The molecule has 0 aliphatic heterocycles. The van der Waals surface area contributed by atoms with Gasteiger partial charge in [-0.05, 0) is 55.2 Å². The van der Waals surface area contributed by atoms with Gasteiger partial charge in [-0.2, -0.15) is 0 Å². The first kappa shape index (κ1) is 16.3. The van der Waals surface area contributed by atoms with Crippen LogP contribution in [-0.4, -0.2) is 12.1 Å². The lowest BCUT2D eigenvalue weighted by molar-refractivity contribution is 0.212. The topological polar surface area (TPSA) is 38.0 Å². The van der Waals surface area contributed by atoms with E-state index in [0.29, 0.717) is 12.0 Å². The van der Waals surface area contributed by atoms with Gasteiger partial charge in [-0.25, -0.2) is 4.39 Å². The molecule has 1 aromatic carbocycles. The lowest BCUT2D eigenvalue weighted by atomic mass is 9.76. The number of anilines is 1. The summed E-state index contributed by atoms with van der Waals surface area (Å²) in [5, 5.41) is 3.53. The van der Waals surface area contributed by atoms with Crippen molar-refractivity contribution >= 4 is 5.69 Å². The molecule has 1 aliphatic rings. The van der Waals surface area contributed by atoms with Crippen LogP contribution in [0.1, 0.15) is 52.9 Å². The lowest BCUT2D eigenvalue weighted by Crippen LogP contribution is -2.45. The van der Waals surface area contributed by atoms with Crippen LogP contribution in [0.3, 0.4) is 0 Å². The summed E-state index contributed by atoms with van der Waals surface area (Å²) in [7, 11) is 0. The largest absolute Gasteiger partial charge is 0.378 e. The molecule has 1 aliphatic carbocycles. The van der Waals surface area contributed by atoms with E-state index >= 15 is 0 Å². The SMILES string of the molecule is CC(C)(C)C1CCCC(CN)(Nc2cccc(F)c2)CC1. The molecule has 0 aromatic heterocycles. The molecule has 0 bridgehead atoms. The number of hydrogen-bond acceptors (Lipinski definition) is 2. The zero-order valence-electron chi connectivity index (χ0n) is 13.6. The molecule has 0 amide bonds. The summed E-state index contributed by atoms with van der Waals surface area (Å²) in [6.07, 6.45) is 5.75. The lowest BCUT2D eigenvalue weighted by Gasteiger charge is -2.35. The minimum Gasteiger partial charge on any atom is -0.378 e. The molecule has 2 rings (SSSR count). The molecule has 118 valence electrons. The molecule has 1 fully saturated rings. The molecule has 1 saturated carbocycles. The fraction of sp³-hybridized carbons (Fsp3) is 0.667. The second kappa shape index (κ2) is 6.35. The van der Waals surface area contributed by atoms with E-state index in [9.17, 15) is 4.39 Å². The van der Waals surface area contributed by atoms with Crippen molar-refractivity contribution < 1.29 is 4.39 Å². The van der Waals surface area contributed by atoms with E-state index in [2.05, 4.69) is 26.1 Å². The van der Waals surface area contributed by atoms with Gasteiger partial charge in [0.25, 0.3) is 0 Å². The van der Waals surface area contributed by atoms with Crippen LogP contribution in [0.2, 0.25) is 0 Å². The summed E-state index contributed by atoms with van der Waals surface area (Å²) in [6.45, 7) is 7.58. The average Bonchev–Trinajstić information content (AvgIpc) is 2.62. The monoisotopic (exact) mass is 292 g/mol. The number of rotatable bonds is 3. The van der Waals surface area contributed by atoms with Crippen LogP contribution in [0.5, 0.6) is 0 Å². The minimum atomic E-state index is -0.201. The Bertz CT molecular complexity index is 467. The van der Waals surface area contributed by atoms with Gasteiger partial charge in [0, 0.05) is 17.8 Å². The van der Waals surface area contributed by atoms with Crippen LogP contribution in [0.4, 0.5) is 10.1 Å². The number of nitrogens with two attached hydrogens (primary N) is 1. The first-order chi connectivity index (χ1) is 9.85. The Morgan fingerprint density at radius 3 is 2.67 bits per heavy atom. The Kier molecular flexibility index (Phi) is 4.92. The third kappa shape index (κ3) is 4.19. The van der Waals surface area contributed by atoms with Gasteiger partial charge in [-0.1, -0.05) is 33.3 Å². The zero-order chi connectivity index (χ0) is 15.5. The van der Waals surface area contributed by atoms with Crippen LogP contribution >= 0.6 is 0 Å². The van der Waals surface area contributed by atoms with E-state index in [1.54, 1.807) is 12.1 Å². The molecule has 2 nitrogen and oxygen atoms in total. The summed E-state index contributed by atoms with van der Waals surface area (Å²) in [5.74, 6) is 0.536. The number of nitrogens with one attached hydrogen (secondary N) is 1. The van der Waals surface area contributed by atoms with E-state index in [4.69, 9.17) is 5.73 Å². The van der Waals surface area contributed by atoms with Crippen molar-refractivity contribution in [1.82, 2.24) is 0 Å². The van der Waals surface area contributed by atoms with E-state index in [1.165, 1.54) is 25.3 Å². The Morgan fingerprint density at radius 1 is 1.29 bits per heavy atom. The van der Waals surface area contributed by atoms with Gasteiger partial charge in [-0.3, -0.25) is 0 Å². The van der Waals surface area contributed by atoms with Crippen molar-refractivity contribution in [3.05, 3.63) is 30.1 Å². The summed E-state index contributed by atoms with van der Waals surface area (Å²) >= 11 is 0. The second-order valence-electron chi connectivity index (χ2n) is 7.61. The van der Waals surface area contributed by atoms with Gasteiger partial charge in [0.05, 0.1) is 0 Å². The highest BCUT2D eigenvalue weighted by atomic mass is 19.1. The van der Waals surface area contributed by atoms with Crippen LogP contribution < -0.4 is 11.1 Å². The quantitative estimate of drug-likeness (QED) is 0.801. The van der Waals surface area contributed by atoms with Crippen molar-refractivity contribution in [2.24, 2.45) is 17.1 Å². The molecule has 0 spiro atoms. The molecular weight excluding hydrogens is 263 g/mol. The molecule has 3 heteroatoms. The predicted octanol–water partition coefficient (Wildman–Crippen LogP) is 4.56. The third-order valence-electron chi connectivity index (χ3n) is 5.03. The molecule has 0 radical (unpaired) electrons. The van der Waals surface area contributed by atoms with Crippen molar-refractivity contribution in [2.75, 3.05) is 11.9 Å². The maximum absolute atomic E-state index is 13.4. The maximum Gasteiger partial charge on any atom is 0.125 e. The number of benzene rings is 1. The first-order valence-electron chi connectivity index (χ1n) is 8.08. The molecule has 3 N–H and O–H groups in total. The third-order valence-corrected chi connectivity index (χ3v) is 5.03. The van der Waals surface area contributed by atoms with Gasteiger partial charge in [-0.15, -0.1) is 0 Å². The van der Waals surface area contributed by atoms with Gasteiger partial charge in [0.15, 0.2) is 0 Å². The van der Waals surface area contributed by atoms with Gasteiger partial charge in [0.1, 0.15) is 5.82 Å². The highest BCUT2D eigenvalue weighted by Gasteiger charge is 2.35. The Morgan fingerprint density at radius 2 is 2.05 bits per heavy atom. The zero-order valence-corrected chi connectivity index (χ0v) is 13.6.